The molecule has 8 heteroatoms. The quantitative estimate of drug-likeness (QED) is 0.105. The summed E-state index contributed by atoms with van der Waals surface area (Å²) >= 11 is 1.82. The zero-order valence-electron chi connectivity index (χ0n) is 35.6. The molecule has 300 valence electrons. The van der Waals surface area contributed by atoms with E-state index < -0.39 is 0 Å². The van der Waals surface area contributed by atoms with Gasteiger partial charge in [-0.2, -0.15) is 0 Å². The van der Waals surface area contributed by atoms with Gasteiger partial charge in [-0.25, -0.2) is 0 Å². The zero-order valence-corrected chi connectivity index (χ0v) is 36.4. The molecule has 3 rings (SSSR count). The minimum absolute atomic E-state index is 0.339. The average Bonchev–Trinajstić information content (AvgIpc) is 3.19. The van der Waals surface area contributed by atoms with E-state index >= 15 is 0 Å². The van der Waals surface area contributed by atoms with Crippen molar-refractivity contribution in [2.75, 3.05) is 67.7 Å². The summed E-state index contributed by atoms with van der Waals surface area (Å²) in [5, 5.41) is 2.34. The Labute approximate surface area is 333 Å². The number of ether oxygens (including phenoxy) is 4. The molecule has 1 unspecified atom stereocenters. The summed E-state index contributed by atoms with van der Waals surface area (Å²) in [7, 11) is 6.90. The van der Waals surface area contributed by atoms with Gasteiger partial charge in [0.1, 0.15) is 11.5 Å². The molecule has 0 saturated carbocycles. The van der Waals surface area contributed by atoms with E-state index in [-0.39, 0.29) is 0 Å². The molecule has 1 fully saturated rings. The molecule has 1 atom stereocenters. The minimum Gasteiger partial charge on any atom is -0.496 e. The molecule has 1 saturated heterocycles. The predicted molar refractivity (Wildman–Crippen MR) is 233 cm³/mol. The van der Waals surface area contributed by atoms with Crippen molar-refractivity contribution >= 4 is 22.4 Å². The van der Waals surface area contributed by atoms with Crippen LogP contribution >= 0.6 is 11.8 Å². The molecular weight excluding hydrogens is 691 g/mol. The van der Waals surface area contributed by atoms with Gasteiger partial charge in [0.15, 0.2) is 11.5 Å². The van der Waals surface area contributed by atoms with Crippen molar-refractivity contribution < 1.29 is 18.9 Å². The molecule has 0 amide bonds. The van der Waals surface area contributed by atoms with Gasteiger partial charge < -0.3 is 28.7 Å². The molecule has 0 aliphatic carbocycles. The van der Waals surface area contributed by atoms with Crippen LogP contribution in [0.1, 0.15) is 115 Å². The first kappa shape index (κ1) is 45.2. The average molecular weight is 762 g/mol. The maximum Gasteiger partial charge on any atom is 0.163 e. The molecule has 1 aliphatic heterocycles. The second-order valence-electron chi connectivity index (χ2n) is 14.5. The topological polar surface area (TPSA) is 55.8 Å². The molecule has 2 aromatic carbocycles. The number of aliphatic imine (C=N–C) groups is 1. The van der Waals surface area contributed by atoms with E-state index in [1.165, 1.54) is 28.2 Å². The number of hydrogen-bond acceptors (Lipinski definition) is 8. The van der Waals surface area contributed by atoms with Crippen LogP contribution in [0.3, 0.4) is 0 Å². The van der Waals surface area contributed by atoms with Gasteiger partial charge in [-0.1, -0.05) is 70.0 Å². The van der Waals surface area contributed by atoms with Gasteiger partial charge in [0.25, 0.3) is 0 Å². The minimum atomic E-state index is 0.339. The molecule has 1 heterocycles. The number of aryl methyl sites for hydroxylation is 1. The Hall–Kier alpha value is -3.20. The van der Waals surface area contributed by atoms with Gasteiger partial charge in [0, 0.05) is 47.9 Å². The van der Waals surface area contributed by atoms with Gasteiger partial charge in [0.2, 0.25) is 0 Å². The number of nitrogens with zero attached hydrogens (tertiary/aromatic N) is 3. The van der Waals surface area contributed by atoms with E-state index in [4.69, 9.17) is 23.9 Å². The van der Waals surface area contributed by atoms with Gasteiger partial charge >= 0.3 is 0 Å². The Kier molecular flexibility index (Phi) is 20.4. The van der Waals surface area contributed by atoms with Crippen LogP contribution in [0.25, 0.3) is 4.91 Å². The largest absolute Gasteiger partial charge is 0.496 e. The monoisotopic (exact) mass is 762 g/mol. The van der Waals surface area contributed by atoms with Gasteiger partial charge in [-0.05, 0) is 126 Å². The Balaban J connectivity index is 1.50. The number of benzene rings is 2. The summed E-state index contributed by atoms with van der Waals surface area (Å²) in [5.41, 5.74) is 8.25. The van der Waals surface area contributed by atoms with E-state index in [9.17, 15) is 0 Å². The maximum absolute atomic E-state index is 5.77. The maximum atomic E-state index is 5.77. The Morgan fingerprint density at radius 2 is 1.41 bits per heavy atom. The first-order chi connectivity index (χ1) is 26.2. The lowest BCUT2D eigenvalue weighted by Crippen LogP contribution is -2.46. The highest BCUT2D eigenvalue weighted by molar-refractivity contribution is 8.10. The van der Waals surface area contributed by atoms with Crippen molar-refractivity contribution in [1.29, 1.82) is 0 Å². The van der Waals surface area contributed by atoms with Crippen molar-refractivity contribution in [3.8, 4) is 23.0 Å². The molecule has 1 aliphatic rings. The summed E-state index contributed by atoms with van der Waals surface area (Å²) in [6.07, 6.45) is 14.1. The summed E-state index contributed by atoms with van der Waals surface area (Å²) < 4.78 is 22.8. The van der Waals surface area contributed by atoms with Crippen LogP contribution in [-0.4, -0.2) is 83.2 Å². The first-order valence-electron chi connectivity index (χ1n) is 20.4. The van der Waals surface area contributed by atoms with Crippen LogP contribution in [-0.2, 0) is 6.42 Å². The van der Waals surface area contributed by atoms with E-state index in [2.05, 4.69) is 93.2 Å². The lowest BCUT2D eigenvalue weighted by atomic mass is 9.93. The smallest absolute Gasteiger partial charge is 0.163 e. The second kappa shape index (κ2) is 24.3. The molecule has 54 heavy (non-hydrogen) atoms. The van der Waals surface area contributed by atoms with Gasteiger partial charge in [-0.15, -0.1) is 0 Å². The fourth-order valence-corrected chi connectivity index (χ4v) is 7.89. The summed E-state index contributed by atoms with van der Waals surface area (Å²) in [4.78, 5) is 11.8. The third-order valence-corrected chi connectivity index (χ3v) is 11.7. The lowest BCUT2D eigenvalue weighted by molar-refractivity contribution is 0.130. The van der Waals surface area contributed by atoms with E-state index in [1.807, 2.05) is 18.7 Å². The summed E-state index contributed by atoms with van der Waals surface area (Å²) in [6, 6.07) is 8.65. The van der Waals surface area contributed by atoms with Gasteiger partial charge in [0.05, 0.1) is 34.2 Å². The number of piperazine rings is 1. The predicted octanol–water partition coefficient (Wildman–Crippen LogP) is 11.4. The van der Waals surface area contributed by atoms with E-state index in [0.29, 0.717) is 5.92 Å². The number of rotatable bonds is 23. The number of thioether (sulfide) groups is 1. The summed E-state index contributed by atoms with van der Waals surface area (Å²) in [5.74, 6) is 3.69. The van der Waals surface area contributed by atoms with Crippen molar-refractivity contribution in [1.82, 2.24) is 9.80 Å². The molecule has 0 radical (unpaired) electrons. The second-order valence-corrected chi connectivity index (χ2v) is 15.5. The fourth-order valence-electron chi connectivity index (χ4n) is 6.98. The van der Waals surface area contributed by atoms with Crippen molar-refractivity contribution in [3.63, 3.8) is 0 Å². The number of allylic oxidation sites excluding steroid dienone is 4. The first-order valence-corrected chi connectivity index (χ1v) is 21.2. The highest BCUT2D eigenvalue weighted by Crippen LogP contribution is 2.38. The van der Waals surface area contributed by atoms with Crippen LogP contribution in [0, 0.1) is 12.8 Å². The van der Waals surface area contributed by atoms with Crippen LogP contribution in [0.4, 0.5) is 0 Å². The van der Waals surface area contributed by atoms with E-state index in [0.717, 1.165) is 136 Å². The Morgan fingerprint density at radius 1 is 0.815 bits per heavy atom. The highest BCUT2D eigenvalue weighted by atomic mass is 32.2. The molecule has 0 bridgehead atoms. The van der Waals surface area contributed by atoms with E-state index in [1.54, 1.807) is 28.4 Å². The van der Waals surface area contributed by atoms with Crippen molar-refractivity contribution in [2.45, 2.75) is 106 Å². The molecule has 0 spiro atoms. The van der Waals surface area contributed by atoms with Crippen LogP contribution in [0.15, 0.2) is 58.1 Å². The SMILES string of the molecule is C/C=C(/CCCN1CCN(CCC/C(C)=C/S/C(=C/CCC)c2cc(OC)c(C)c(OC)c2)CC1)N=C(c1cc(CCC)c(OC)c(OC)c1)C(C)CC. The fraction of sp³-hybridized carbons (Fsp3) is 0.587. The molecule has 0 aromatic heterocycles. The third kappa shape index (κ3) is 13.5. The Bertz CT molecular complexity index is 1550. The highest BCUT2D eigenvalue weighted by Gasteiger charge is 2.20. The van der Waals surface area contributed by atoms with Crippen LogP contribution in [0.5, 0.6) is 23.0 Å². The lowest BCUT2D eigenvalue weighted by Gasteiger charge is -2.34. The molecular formula is C46H71N3O4S. The van der Waals surface area contributed by atoms with Crippen molar-refractivity contribution in [3.05, 3.63) is 75.3 Å². The standard InChI is InChI=1S/C46H71N3O4S/c1-12-16-22-44(38-30-41(50-8)36(7)42(31-38)51-9)54-33-34(5)20-17-23-48-25-27-49(28-26-48)24-18-21-40(15-4)47-45(35(6)14-3)39-29-37(19-13-2)46(53-11)43(32-39)52-10/h15,22,29-33,35H,12-14,16-21,23-28H2,1-11H3/b34-33+,40-15-,44-22+,47-45?. The van der Waals surface area contributed by atoms with Gasteiger partial charge in [-0.3, -0.25) is 4.99 Å². The summed E-state index contributed by atoms with van der Waals surface area (Å²) in [6.45, 7) is 22.2. The normalized spacial score (nSPS) is 15.8. The molecule has 0 N–H and O–H groups in total. The number of methoxy groups -OCH3 is 4. The third-order valence-electron chi connectivity index (χ3n) is 10.5. The van der Waals surface area contributed by atoms with Crippen LogP contribution in [0.2, 0.25) is 0 Å². The zero-order chi connectivity index (χ0) is 39.5. The number of unbranched alkanes of at least 4 members (excludes halogenated alkanes) is 1. The molecule has 2 aromatic rings. The number of hydrogen-bond donors (Lipinski definition) is 0. The van der Waals surface area contributed by atoms with Crippen molar-refractivity contribution in [2.24, 2.45) is 10.9 Å². The Morgan fingerprint density at radius 3 is 1.93 bits per heavy atom. The van der Waals surface area contributed by atoms with Crippen LogP contribution < -0.4 is 18.9 Å². The molecule has 7 nitrogen and oxygen atoms in total.